The van der Waals surface area contributed by atoms with E-state index in [0.717, 1.165) is 32.1 Å². The third kappa shape index (κ3) is 6.13. The van der Waals surface area contributed by atoms with Crippen LogP contribution in [-0.4, -0.2) is 43.8 Å². The first-order valence-electron chi connectivity index (χ1n) is 6.13. The number of nitrogens with zero attached hydrogens (tertiary/aromatic N) is 1. The van der Waals surface area contributed by atoms with E-state index in [0.29, 0.717) is 6.04 Å². The van der Waals surface area contributed by atoms with E-state index < -0.39 is 0 Å². The summed E-state index contributed by atoms with van der Waals surface area (Å²) in [6.07, 6.45) is 3.80. The molecule has 3 nitrogen and oxygen atoms in total. The van der Waals surface area contributed by atoms with Gasteiger partial charge in [-0.3, -0.25) is 0 Å². The molecule has 90 valence electrons. The second-order valence-electron chi connectivity index (χ2n) is 5.06. The van der Waals surface area contributed by atoms with E-state index in [-0.39, 0.29) is 6.04 Å². The number of rotatable bonds is 8. The predicted molar refractivity (Wildman–Crippen MR) is 63.9 cm³/mol. The van der Waals surface area contributed by atoms with Gasteiger partial charge in [0.15, 0.2) is 0 Å². The van der Waals surface area contributed by atoms with E-state index in [4.69, 9.17) is 10.5 Å². The Morgan fingerprint density at radius 3 is 2.60 bits per heavy atom. The summed E-state index contributed by atoms with van der Waals surface area (Å²) >= 11 is 0. The zero-order valence-electron chi connectivity index (χ0n) is 10.4. The molecule has 1 fully saturated rings. The monoisotopic (exact) mass is 214 g/mol. The highest BCUT2D eigenvalue weighted by atomic mass is 16.5. The second kappa shape index (κ2) is 6.46. The van der Waals surface area contributed by atoms with E-state index in [9.17, 15) is 0 Å². The third-order valence-electron chi connectivity index (χ3n) is 3.10. The Labute approximate surface area is 94.0 Å². The lowest BCUT2D eigenvalue weighted by Crippen LogP contribution is -2.36. The largest absolute Gasteiger partial charge is 0.380 e. The molecule has 1 rings (SSSR count). The van der Waals surface area contributed by atoms with E-state index in [1.165, 1.54) is 12.8 Å². The summed E-state index contributed by atoms with van der Waals surface area (Å²) < 4.78 is 5.61. The smallest absolute Gasteiger partial charge is 0.0593 e. The van der Waals surface area contributed by atoms with Crippen LogP contribution in [0.1, 0.15) is 33.1 Å². The van der Waals surface area contributed by atoms with Gasteiger partial charge >= 0.3 is 0 Å². The van der Waals surface area contributed by atoms with Crippen LogP contribution in [0, 0.1) is 5.92 Å². The van der Waals surface area contributed by atoms with Crippen LogP contribution in [0.4, 0.5) is 0 Å². The Bertz CT molecular complexity index is 169. The highest BCUT2D eigenvalue weighted by Gasteiger charge is 2.21. The van der Waals surface area contributed by atoms with Crippen molar-refractivity contribution < 1.29 is 4.74 Å². The first kappa shape index (κ1) is 12.9. The zero-order chi connectivity index (χ0) is 11.3. The molecular weight excluding hydrogens is 188 g/mol. The Hall–Kier alpha value is -0.120. The highest BCUT2D eigenvalue weighted by Crippen LogP contribution is 2.28. The molecule has 0 spiro atoms. The molecule has 2 unspecified atom stereocenters. The fraction of sp³-hybridized carbons (Fsp3) is 1.00. The number of hydrogen-bond donors (Lipinski definition) is 1. The maximum absolute atomic E-state index is 5.78. The van der Waals surface area contributed by atoms with Crippen molar-refractivity contribution in [2.24, 2.45) is 11.7 Å². The Kier molecular flexibility index (Phi) is 5.58. The SMILES string of the molecule is CC(N)CC(C)N(C)CCOCC1CC1. The molecule has 0 radical (unpaired) electrons. The normalized spacial score (nSPS) is 20.6. The van der Waals surface area contributed by atoms with Crippen molar-refractivity contribution in [1.82, 2.24) is 4.90 Å². The van der Waals surface area contributed by atoms with Crippen LogP contribution in [0.2, 0.25) is 0 Å². The summed E-state index contributed by atoms with van der Waals surface area (Å²) in [6.45, 7) is 7.13. The molecule has 1 aliphatic rings. The lowest BCUT2D eigenvalue weighted by atomic mass is 10.1. The molecule has 0 aliphatic heterocycles. The van der Waals surface area contributed by atoms with Gasteiger partial charge in [-0.15, -0.1) is 0 Å². The van der Waals surface area contributed by atoms with Crippen LogP contribution in [0.5, 0.6) is 0 Å². The first-order chi connectivity index (χ1) is 7.09. The summed E-state index contributed by atoms with van der Waals surface area (Å²) in [4.78, 5) is 2.33. The molecule has 0 heterocycles. The fourth-order valence-electron chi connectivity index (χ4n) is 1.68. The van der Waals surface area contributed by atoms with Gasteiger partial charge in [-0.1, -0.05) is 0 Å². The third-order valence-corrected chi connectivity index (χ3v) is 3.10. The van der Waals surface area contributed by atoms with Gasteiger partial charge in [0.2, 0.25) is 0 Å². The van der Waals surface area contributed by atoms with Gasteiger partial charge in [0.05, 0.1) is 6.61 Å². The predicted octanol–water partition coefficient (Wildman–Crippen LogP) is 1.47. The molecule has 2 N–H and O–H groups in total. The molecule has 0 saturated heterocycles. The Balaban J connectivity index is 1.97. The summed E-state index contributed by atoms with van der Waals surface area (Å²) in [5, 5.41) is 0. The van der Waals surface area contributed by atoms with Crippen LogP contribution >= 0.6 is 0 Å². The van der Waals surface area contributed by atoms with Gasteiger partial charge in [-0.25, -0.2) is 0 Å². The van der Waals surface area contributed by atoms with Crippen LogP contribution in [-0.2, 0) is 4.74 Å². The van der Waals surface area contributed by atoms with E-state index in [1.54, 1.807) is 0 Å². The zero-order valence-corrected chi connectivity index (χ0v) is 10.4. The Morgan fingerprint density at radius 2 is 2.07 bits per heavy atom. The molecule has 0 amide bonds. The van der Waals surface area contributed by atoms with Crippen molar-refractivity contribution in [1.29, 1.82) is 0 Å². The van der Waals surface area contributed by atoms with Gasteiger partial charge in [0, 0.05) is 25.2 Å². The quantitative estimate of drug-likeness (QED) is 0.622. The van der Waals surface area contributed by atoms with Gasteiger partial charge in [0.1, 0.15) is 0 Å². The first-order valence-corrected chi connectivity index (χ1v) is 6.13. The van der Waals surface area contributed by atoms with Crippen LogP contribution in [0.15, 0.2) is 0 Å². The average Bonchev–Trinajstić information content (AvgIpc) is 2.94. The number of hydrogen-bond acceptors (Lipinski definition) is 3. The molecule has 0 aromatic rings. The standard InChI is InChI=1S/C12H26N2O/c1-10(13)8-11(2)14(3)6-7-15-9-12-4-5-12/h10-12H,4-9,13H2,1-3H3. The number of nitrogens with two attached hydrogens (primary N) is 1. The minimum Gasteiger partial charge on any atom is -0.380 e. The van der Waals surface area contributed by atoms with Gasteiger partial charge in [0.25, 0.3) is 0 Å². The number of likely N-dealkylation sites (N-methyl/N-ethyl adjacent to an activating group) is 1. The van der Waals surface area contributed by atoms with Crippen molar-refractivity contribution in [3.05, 3.63) is 0 Å². The van der Waals surface area contributed by atoms with Crippen LogP contribution in [0.3, 0.4) is 0 Å². The van der Waals surface area contributed by atoms with Crippen LogP contribution in [0.25, 0.3) is 0 Å². The molecule has 2 atom stereocenters. The summed E-state index contributed by atoms with van der Waals surface area (Å²) in [6, 6.07) is 0.837. The van der Waals surface area contributed by atoms with E-state index >= 15 is 0 Å². The summed E-state index contributed by atoms with van der Waals surface area (Å²) in [7, 11) is 2.15. The molecule has 15 heavy (non-hydrogen) atoms. The topological polar surface area (TPSA) is 38.5 Å². The summed E-state index contributed by atoms with van der Waals surface area (Å²) in [5.41, 5.74) is 5.78. The molecule has 1 saturated carbocycles. The molecule has 1 aliphatic carbocycles. The maximum Gasteiger partial charge on any atom is 0.0593 e. The van der Waals surface area contributed by atoms with Crippen molar-refractivity contribution in [3.8, 4) is 0 Å². The van der Waals surface area contributed by atoms with Crippen molar-refractivity contribution in [3.63, 3.8) is 0 Å². The molecule has 0 aromatic carbocycles. The number of ether oxygens (including phenoxy) is 1. The maximum atomic E-state index is 5.78. The lowest BCUT2D eigenvalue weighted by Gasteiger charge is -2.25. The average molecular weight is 214 g/mol. The minimum atomic E-state index is 0.287. The molecular formula is C12H26N2O. The fourth-order valence-corrected chi connectivity index (χ4v) is 1.68. The molecule has 0 aromatic heterocycles. The van der Waals surface area contributed by atoms with Gasteiger partial charge < -0.3 is 15.4 Å². The summed E-state index contributed by atoms with van der Waals surface area (Å²) in [5.74, 6) is 0.872. The Morgan fingerprint density at radius 1 is 1.40 bits per heavy atom. The van der Waals surface area contributed by atoms with E-state index in [1.807, 2.05) is 0 Å². The highest BCUT2D eigenvalue weighted by molar-refractivity contribution is 4.72. The molecule has 3 heteroatoms. The molecule has 0 bridgehead atoms. The second-order valence-corrected chi connectivity index (χ2v) is 5.06. The van der Waals surface area contributed by atoms with Gasteiger partial charge in [-0.05, 0) is 46.1 Å². The van der Waals surface area contributed by atoms with Crippen LogP contribution < -0.4 is 5.73 Å². The van der Waals surface area contributed by atoms with Crippen molar-refractivity contribution in [2.45, 2.75) is 45.2 Å². The minimum absolute atomic E-state index is 0.287. The van der Waals surface area contributed by atoms with Gasteiger partial charge in [-0.2, -0.15) is 0 Å². The van der Waals surface area contributed by atoms with E-state index in [2.05, 4.69) is 25.8 Å². The van der Waals surface area contributed by atoms with Crippen molar-refractivity contribution in [2.75, 3.05) is 26.8 Å². The lowest BCUT2D eigenvalue weighted by molar-refractivity contribution is 0.0916. The van der Waals surface area contributed by atoms with Crippen molar-refractivity contribution >= 4 is 0 Å².